The highest BCUT2D eigenvalue weighted by atomic mass is 32.1. The lowest BCUT2D eigenvalue weighted by Gasteiger charge is -2.29. The quantitative estimate of drug-likeness (QED) is 0.870. The molecule has 0 unspecified atom stereocenters. The van der Waals surface area contributed by atoms with E-state index in [4.69, 9.17) is 4.74 Å². The Balaban J connectivity index is 2.07. The lowest BCUT2D eigenvalue weighted by atomic mass is 10.1. The van der Waals surface area contributed by atoms with Crippen molar-refractivity contribution >= 4 is 22.9 Å². The molecule has 1 amide bonds. The predicted molar refractivity (Wildman–Crippen MR) is 85.2 cm³/mol. The highest BCUT2D eigenvalue weighted by molar-refractivity contribution is 7.11. The Labute approximate surface area is 128 Å². The van der Waals surface area contributed by atoms with Gasteiger partial charge in [-0.3, -0.25) is 4.79 Å². The molecule has 0 saturated carbocycles. The molecule has 0 saturated heterocycles. The molecule has 0 aliphatic carbocycles. The molecule has 1 aromatic heterocycles. The number of carbonyl (C=O) groups is 1. The zero-order valence-corrected chi connectivity index (χ0v) is 13.3. The molecule has 5 heteroatoms. The maximum atomic E-state index is 12.1. The molecule has 21 heavy (non-hydrogen) atoms. The summed E-state index contributed by atoms with van der Waals surface area (Å²) in [5.41, 5.74) is 2.89. The van der Waals surface area contributed by atoms with Crippen LogP contribution in [0.25, 0.3) is 11.3 Å². The summed E-state index contributed by atoms with van der Waals surface area (Å²) in [5, 5.41) is 1.05. The topological polar surface area (TPSA) is 42.4 Å². The summed E-state index contributed by atoms with van der Waals surface area (Å²) in [6, 6.07) is 5.97. The maximum absolute atomic E-state index is 12.1. The Morgan fingerprint density at radius 3 is 2.86 bits per heavy atom. The van der Waals surface area contributed by atoms with E-state index >= 15 is 0 Å². The molecule has 1 aliphatic rings. The summed E-state index contributed by atoms with van der Waals surface area (Å²) < 4.78 is 5.53. The van der Waals surface area contributed by atoms with Crippen molar-refractivity contribution in [3.63, 3.8) is 0 Å². The summed E-state index contributed by atoms with van der Waals surface area (Å²) in [7, 11) is 0. The SMILES string of the molecule is CCCN1C(=O)COc2ccc(-c3nc(C)sc3C)cc21. The number of aryl methyl sites for hydroxylation is 2. The Bertz CT molecular complexity index is 694. The Hall–Kier alpha value is -1.88. The normalized spacial score (nSPS) is 14.0. The van der Waals surface area contributed by atoms with Gasteiger partial charge in [0.05, 0.1) is 16.4 Å². The largest absolute Gasteiger partial charge is 0.482 e. The molecule has 0 spiro atoms. The van der Waals surface area contributed by atoms with Crippen LogP contribution in [0, 0.1) is 13.8 Å². The van der Waals surface area contributed by atoms with Crippen LogP contribution < -0.4 is 9.64 Å². The molecular weight excluding hydrogens is 284 g/mol. The Kier molecular flexibility index (Phi) is 3.68. The fourth-order valence-electron chi connectivity index (χ4n) is 2.61. The second kappa shape index (κ2) is 5.48. The van der Waals surface area contributed by atoms with E-state index in [2.05, 4.69) is 18.8 Å². The van der Waals surface area contributed by atoms with E-state index in [-0.39, 0.29) is 12.5 Å². The van der Waals surface area contributed by atoms with Crippen LogP contribution in [0.5, 0.6) is 5.75 Å². The van der Waals surface area contributed by atoms with Crippen LogP contribution in [-0.2, 0) is 4.79 Å². The molecule has 0 radical (unpaired) electrons. The first kappa shape index (κ1) is 14.1. The number of fused-ring (bicyclic) bond motifs is 1. The van der Waals surface area contributed by atoms with Crippen LogP contribution >= 0.6 is 11.3 Å². The smallest absolute Gasteiger partial charge is 0.265 e. The molecule has 0 atom stereocenters. The number of hydrogen-bond donors (Lipinski definition) is 0. The molecule has 2 aromatic rings. The number of thiazole rings is 1. The van der Waals surface area contributed by atoms with Crippen molar-refractivity contribution in [3.8, 4) is 17.0 Å². The third-order valence-electron chi connectivity index (χ3n) is 3.53. The minimum atomic E-state index is 0.0210. The minimum absolute atomic E-state index is 0.0210. The van der Waals surface area contributed by atoms with Gasteiger partial charge in [0.25, 0.3) is 5.91 Å². The van der Waals surface area contributed by atoms with Gasteiger partial charge in [-0.2, -0.15) is 0 Å². The van der Waals surface area contributed by atoms with Gasteiger partial charge < -0.3 is 9.64 Å². The number of carbonyl (C=O) groups excluding carboxylic acids is 1. The van der Waals surface area contributed by atoms with Gasteiger partial charge >= 0.3 is 0 Å². The maximum Gasteiger partial charge on any atom is 0.265 e. The predicted octanol–water partition coefficient (Wildman–Crippen LogP) is 3.56. The Morgan fingerprint density at radius 2 is 2.19 bits per heavy atom. The second-order valence-corrected chi connectivity index (χ2v) is 6.56. The third-order valence-corrected chi connectivity index (χ3v) is 4.41. The van der Waals surface area contributed by atoms with Crippen LogP contribution in [0.1, 0.15) is 23.2 Å². The van der Waals surface area contributed by atoms with Crippen molar-refractivity contribution in [2.24, 2.45) is 0 Å². The molecule has 1 aliphatic heterocycles. The monoisotopic (exact) mass is 302 g/mol. The van der Waals surface area contributed by atoms with Gasteiger partial charge in [-0.05, 0) is 38.5 Å². The van der Waals surface area contributed by atoms with Crippen LogP contribution in [0.4, 0.5) is 5.69 Å². The van der Waals surface area contributed by atoms with Crippen molar-refractivity contribution < 1.29 is 9.53 Å². The number of ether oxygens (including phenoxy) is 1. The number of benzene rings is 1. The summed E-state index contributed by atoms with van der Waals surface area (Å²) in [5.74, 6) is 0.795. The molecule has 4 nitrogen and oxygen atoms in total. The van der Waals surface area contributed by atoms with Crippen LogP contribution in [0.15, 0.2) is 18.2 Å². The zero-order chi connectivity index (χ0) is 15.0. The van der Waals surface area contributed by atoms with Gasteiger partial charge in [0, 0.05) is 17.0 Å². The summed E-state index contributed by atoms with van der Waals surface area (Å²) in [6.07, 6.45) is 0.921. The van der Waals surface area contributed by atoms with Crippen LogP contribution in [-0.4, -0.2) is 24.0 Å². The first-order valence-electron chi connectivity index (χ1n) is 7.11. The van der Waals surface area contributed by atoms with Crippen molar-refractivity contribution in [2.45, 2.75) is 27.2 Å². The molecule has 1 aromatic carbocycles. The van der Waals surface area contributed by atoms with Crippen molar-refractivity contribution in [1.82, 2.24) is 4.98 Å². The van der Waals surface area contributed by atoms with Gasteiger partial charge in [-0.15, -0.1) is 11.3 Å². The fourth-order valence-corrected chi connectivity index (χ4v) is 3.46. The first-order valence-corrected chi connectivity index (χ1v) is 7.93. The third kappa shape index (κ3) is 2.53. The molecule has 3 rings (SSSR count). The van der Waals surface area contributed by atoms with Gasteiger partial charge in [0.2, 0.25) is 0 Å². The van der Waals surface area contributed by atoms with E-state index < -0.39 is 0 Å². The summed E-state index contributed by atoms with van der Waals surface area (Å²) in [4.78, 5) is 19.7. The van der Waals surface area contributed by atoms with E-state index in [1.54, 1.807) is 11.3 Å². The number of rotatable bonds is 3. The Morgan fingerprint density at radius 1 is 1.38 bits per heavy atom. The highest BCUT2D eigenvalue weighted by Crippen LogP contribution is 2.37. The molecule has 2 heterocycles. The molecule has 0 fully saturated rings. The lowest BCUT2D eigenvalue weighted by molar-refractivity contribution is -0.121. The van der Waals surface area contributed by atoms with Gasteiger partial charge in [0.15, 0.2) is 6.61 Å². The molecular formula is C16H18N2O2S. The molecule has 110 valence electrons. The fraction of sp³-hybridized carbons (Fsp3) is 0.375. The first-order chi connectivity index (χ1) is 10.1. The average molecular weight is 302 g/mol. The average Bonchev–Trinajstić information content (AvgIpc) is 2.80. The number of amides is 1. The van der Waals surface area contributed by atoms with Crippen molar-refractivity contribution in [1.29, 1.82) is 0 Å². The second-order valence-electron chi connectivity index (χ2n) is 5.15. The standard InChI is InChI=1S/C16H18N2O2S/c1-4-7-18-13-8-12(16-10(2)21-11(3)17-16)5-6-14(13)20-9-15(18)19/h5-6,8H,4,7,9H2,1-3H3. The summed E-state index contributed by atoms with van der Waals surface area (Å²) in [6.45, 7) is 7.00. The van der Waals surface area contributed by atoms with Crippen molar-refractivity contribution in [3.05, 3.63) is 28.1 Å². The van der Waals surface area contributed by atoms with Crippen LogP contribution in [0.2, 0.25) is 0 Å². The number of hydrogen-bond acceptors (Lipinski definition) is 4. The summed E-state index contributed by atoms with van der Waals surface area (Å²) >= 11 is 1.69. The van der Waals surface area contributed by atoms with Gasteiger partial charge in [-0.1, -0.05) is 6.92 Å². The van der Waals surface area contributed by atoms with E-state index in [1.807, 2.05) is 30.0 Å². The van der Waals surface area contributed by atoms with E-state index in [0.717, 1.165) is 34.1 Å². The van der Waals surface area contributed by atoms with E-state index in [0.29, 0.717) is 6.54 Å². The zero-order valence-electron chi connectivity index (χ0n) is 12.5. The lowest BCUT2D eigenvalue weighted by Crippen LogP contribution is -2.39. The highest BCUT2D eigenvalue weighted by Gasteiger charge is 2.25. The van der Waals surface area contributed by atoms with Gasteiger partial charge in [0.1, 0.15) is 5.75 Å². The van der Waals surface area contributed by atoms with Crippen LogP contribution in [0.3, 0.4) is 0 Å². The van der Waals surface area contributed by atoms with Gasteiger partial charge in [-0.25, -0.2) is 4.98 Å². The number of anilines is 1. The molecule has 0 N–H and O–H groups in total. The van der Waals surface area contributed by atoms with E-state index in [1.165, 1.54) is 4.88 Å². The number of aromatic nitrogens is 1. The van der Waals surface area contributed by atoms with Crippen molar-refractivity contribution in [2.75, 3.05) is 18.1 Å². The minimum Gasteiger partial charge on any atom is -0.482 e. The van der Waals surface area contributed by atoms with E-state index in [9.17, 15) is 4.79 Å². The number of nitrogens with zero attached hydrogens (tertiary/aromatic N) is 2. The molecule has 0 bridgehead atoms.